The molecule has 0 radical (unpaired) electrons. The lowest BCUT2D eigenvalue weighted by Gasteiger charge is -2.35. The van der Waals surface area contributed by atoms with Gasteiger partial charge in [0.25, 0.3) is 0 Å². The quantitative estimate of drug-likeness (QED) is 0.718. The fourth-order valence-corrected chi connectivity index (χ4v) is 3.26. The van der Waals surface area contributed by atoms with E-state index in [4.69, 9.17) is 4.74 Å². The van der Waals surface area contributed by atoms with E-state index < -0.39 is 0 Å². The Kier molecular flexibility index (Phi) is 4.74. The Labute approximate surface area is 147 Å². The number of nitrogens with zero attached hydrogens (tertiary/aromatic N) is 4. The molecule has 1 fully saturated rings. The first-order valence-electron chi connectivity index (χ1n) is 8.74. The summed E-state index contributed by atoms with van der Waals surface area (Å²) in [5, 5.41) is 2.40. The summed E-state index contributed by atoms with van der Waals surface area (Å²) in [4.78, 5) is 13.3. The van der Waals surface area contributed by atoms with Gasteiger partial charge in [0.2, 0.25) is 0 Å². The van der Waals surface area contributed by atoms with E-state index in [1.807, 2.05) is 12.3 Å². The third-order valence-corrected chi connectivity index (χ3v) is 4.66. The van der Waals surface area contributed by atoms with Gasteiger partial charge in [-0.3, -0.25) is 9.88 Å². The van der Waals surface area contributed by atoms with Crippen LogP contribution in [-0.2, 0) is 0 Å². The zero-order valence-electron chi connectivity index (χ0n) is 14.2. The molecule has 2 aromatic carbocycles. The average molecular weight is 334 g/mol. The van der Waals surface area contributed by atoms with Crippen molar-refractivity contribution in [3.63, 3.8) is 0 Å². The molecule has 0 aliphatic carbocycles. The molecule has 0 N–H and O–H groups in total. The van der Waals surface area contributed by atoms with Crippen LogP contribution in [0.2, 0.25) is 0 Å². The zero-order chi connectivity index (χ0) is 16.9. The topological polar surface area (TPSA) is 41.5 Å². The van der Waals surface area contributed by atoms with E-state index >= 15 is 0 Å². The Bertz CT molecular complexity index is 811. The molecule has 1 aromatic heterocycles. The van der Waals surface area contributed by atoms with Gasteiger partial charge in [-0.2, -0.15) is 0 Å². The molecule has 128 valence electrons. The van der Waals surface area contributed by atoms with Gasteiger partial charge in [0.1, 0.15) is 18.2 Å². The molecule has 4 rings (SSSR count). The molecule has 25 heavy (non-hydrogen) atoms. The summed E-state index contributed by atoms with van der Waals surface area (Å²) in [6, 6.07) is 14.6. The molecule has 3 aromatic rings. The van der Waals surface area contributed by atoms with Gasteiger partial charge < -0.3 is 9.64 Å². The summed E-state index contributed by atoms with van der Waals surface area (Å²) in [5.41, 5.74) is 0. The van der Waals surface area contributed by atoms with Crippen molar-refractivity contribution in [1.82, 2.24) is 14.9 Å². The average Bonchev–Trinajstić information content (AvgIpc) is 2.69. The Morgan fingerprint density at radius 3 is 2.60 bits per heavy atom. The summed E-state index contributed by atoms with van der Waals surface area (Å²) in [6.45, 7) is 5.65. The van der Waals surface area contributed by atoms with Crippen molar-refractivity contribution in [3.05, 3.63) is 61.1 Å². The van der Waals surface area contributed by atoms with Crippen molar-refractivity contribution in [1.29, 1.82) is 0 Å². The fourth-order valence-electron chi connectivity index (χ4n) is 3.26. The van der Waals surface area contributed by atoms with Gasteiger partial charge in [-0.15, -0.1) is 0 Å². The monoisotopic (exact) mass is 334 g/mol. The normalized spacial score (nSPS) is 15.4. The SMILES string of the molecule is c1ccc2c(OCCN3CCN(c4cnccn4)CC3)cccc2c1. The number of rotatable bonds is 5. The number of piperazine rings is 1. The third kappa shape index (κ3) is 3.72. The molecule has 1 aliphatic rings. The lowest BCUT2D eigenvalue weighted by Crippen LogP contribution is -2.47. The second-order valence-electron chi connectivity index (χ2n) is 6.22. The molecule has 0 atom stereocenters. The van der Waals surface area contributed by atoms with Gasteiger partial charge >= 0.3 is 0 Å². The molecule has 5 heteroatoms. The molecule has 5 nitrogen and oxygen atoms in total. The first-order chi connectivity index (χ1) is 12.4. The molecule has 0 spiro atoms. The first kappa shape index (κ1) is 15.8. The summed E-state index contributed by atoms with van der Waals surface area (Å²) in [7, 11) is 0. The molecule has 1 aliphatic heterocycles. The van der Waals surface area contributed by atoms with Gasteiger partial charge in [0, 0.05) is 50.5 Å². The highest BCUT2D eigenvalue weighted by atomic mass is 16.5. The van der Waals surface area contributed by atoms with Crippen molar-refractivity contribution in [2.75, 3.05) is 44.2 Å². The van der Waals surface area contributed by atoms with Gasteiger partial charge in [-0.25, -0.2) is 4.98 Å². The predicted molar refractivity (Wildman–Crippen MR) is 100 cm³/mol. The number of aromatic nitrogens is 2. The van der Waals surface area contributed by atoms with E-state index in [-0.39, 0.29) is 0 Å². The number of fused-ring (bicyclic) bond motifs is 1. The number of ether oxygens (including phenoxy) is 1. The highest BCUT2D eigenvalue weighted by molar-refractivity contribution is 5.88. The minimum Gasteiger partial charge on any atom is -0.492 e. The van der Waals surface area contributed by atoms with E-state index in [2.05, 4.69) is 56.2 Å². The minimum atomic E-state index is 0.707. The van der Waals surface area contributed by atoms with Gasteiger partial charge in [-0.05, 0) is 11.5 Å². The Morgan fingerprint density at radius 1 is 0.920 bits per heavy atom. The van der Waals surface area contributed by atoms with E-state index in [0.717, 1.165) is 44.3 Å². The van der Waals surface area contributed by atoms with Gasteiger partial charge in [-0.1, -0.05) is 36.4 Å². The van der Waals surface area contributed by atoms with Crippen LogP contribution in [-0.4, -0.2) is 54.2 Å². The van der Waals surface area contributed by atoms with E-state index in [9.17, 15) is 0 Å². The standard InChI is InChI=1S/C20H22N4O/c1-2-6-18-17(4-1)5-3-7-19(18)25-15-14-23-10-12-24(13-11-23)20-16-21-8-9-22-20/h1-9,16H,10-15H2. The molecular formula is C20H22N4O. The van der Waals surface area contributed by atoms with Crippen LogP contribution in [0, 0.1) is 0 Å². The Hall–Kier alpha value is -2.66. The molecule has 0 amide bonds. The summed E-state index contributed by atoms with van der Waals surface area (Å²) in [6.07, 6.45) is 5.30. The lowest BCUT2D eigenvalue weighted by atomic mass is 10.1. The summed E-state index contributed by atoms with van der Waals surface area (Å²) >= 11 is 0. The highest BCUT2D eigenvalue weighted by Gasteiger charge is 2.17. The molecule has 1 saturated heterocycles. The molecular weight excluding hydrogens is 312 g/mol. The second-order valence-corrected chi connectivity index (χ2v) is 6.22. The van der Waals surface area contributed by atoms with Crippen molar-refractivity contribution in [2.24, 2.45) is 0 Å². The Morgan fingerprint density at radius 2 is 1.76 bits per heavy atom. The van der Waals surface area contributed by atoms with Gasteiger partial charge in [0.15, 0.2) is 0 Å². The van der Waals surface area contributed by atoms with E-state index in [0.29, 0.717) is 6.61 Å². The maximum absolute atomic E-state index is 6.06. The van der Waals surface area contributed by atoms with E-state index in [1.165, 1.54) is 10.8 Å². The van der Waals surface area contributed by atoms with Crippen molar-refractivity contribution in [3.8, 4) is 5.75 Å². The molecule has 0 unspecified atom stereocenters. The van der Waals surface area contributed by atoms with Crippen LogP contribution < -0.4 is 9.64 Å². The van der Waals surface area contributed by atoms with Crippen LogP contribution >= 0.6 is 0 Å². The highest BCUT2D eigenvalue weighted by Crippen LogP contribution is 2.25. The maximum atomic E-state index is 6.06. The third-order valence-electron chi connectivity index (χ3n) is 4.66. The van der Waals surface area contributed by atoms with Crippen LogP contribution in [0.1, 0.15) is 0 Å². The van der Waals surface area contributed by atoms with Crippen LogP contribution in [0.15, 0.2) is 61.1 Å². The van der Waals surface area contributed by atoms with E-state index in [1.54, 1.807) is 12.4 Å². The number of benzene rings is 2. The first-order valence-corrected chi connectivity index (χ1v) is 8.74. The number of hydrogen-bond donors (Lipinski definition) is 0. The zero-order valence-corrected chi connectivity index (χ0v) is 14.2. The number of anilines is 1. The minimum absolute atomic E-state index is 0.707. The Balaban J connectivity index is 1.28. The van der Waals surface area contributed by atoms with Crippen molar-refractivity contribution >= 4 is 16.6 Å². The largest absolute Gasteiger partial charge is 0.492 e. The maximum Gasteiger partial charge on any atom is 0.147 e. The molecule has 2 heterocycles. The van der Waals surface area contributed by atoms with Crippen LogP contribution in [0.3, 0.4) is 0 Å². The predicted octanol–water partition coefficient (Wildman–Crippen LogP) is 2.83. The van der Waals surface area contributed by atoms with Crippen molar-refractivity contribution < 1.29 is 4.74 Å². The summed E-state index contributed by atoms with van der Waals surface area (Å²) < 4.78 is 6.06. The van der Waals surface area contributed by atoms with Crippen LogP contribution in [0.5, 0.6) is 5.75 Å². The lowest BCUT2D eigenvalue weighted by molar-refractivity contribution is 0.201. The van der Waals surface area contributed by atoms with Crippen molar-refractivity contribution in [2.45, 2.75) is 0 Å². The van der Waals surface area contributed by atoms with Crippen LogP contribution in [0.25, 0.3) is 10.8 Å². The molecule has 0 bridgehead atoms. The van der Waals surface area contributed by atoms with Gasteiger partial charge in [0.05, 0.1) is 6.20 Å². The second kappa shape index (κ2) is 7.49. The number of hydrogen-bond acceptors (Lipinski definition) is 5. The summed E-state index contributed by atoms with van der Waals surface area (Å²) in [5.74, 6) is 1.94. The van der Waals surface area contributed by atoms with Crippen LogP contribution in [0.4, 0.5) is 5.82 Å². The molecule has 0 saturated carbocycles. The fraction of sp³-hybridized carbons (Fsp3) is 0.300. The smallest absolute Gasteiger partial charge is 0.147 e.